The number of amides is 1. The van der Waals surface area contributed by atoms with E-state index in [0.29, 0.717) is 12.6 Å². The molecule has 1 aromatic rings. The highest BCUT2D eigenvalue weighted by atomic mass is 16.2. The Bertz CT molecular complexity index is 599. The number of hydrogen-bond donors (Lipinski definition) is 1. The number of nitrogens with zero attached hydrogens (tertiary/aromatic N) is 2. The smallest absolute Gasteiger partial charge is 0.240 e. The zero-order valence-corrected chi connectivity index (χ0v) is 13.1. The van der Waals surface area contributed by atoms with E-state index in [2.05, 4.69) is 35.3 Å². The molecule has 1 heterocycles. The Hall–Kier alpha value is -2.02. The standard InChI is InChI=1S/C18H23N3O/c1-14-11-15-7-3-4-8-16(15)21(14)12-17(22)20-18(13-19)9-5-2-6-10-18/h3-4,7-8,14H,2,5-6,9-12H2,1H3,(H,20,22)/t14-/m0/s1. The van der Waals surface area contributed by atoms with Crippen LogP contribution in [0.2, 0.25) is 0 Å². The minimum Gasteiger partial charge on any atom is -0.359 e. The van der Waals surface area contributed by atoms with E-state index in [9.17, 15) is 10.1 Å². The van der Waals surface area contributed by atoms with Crippen LogP contribution in [-0.2, 0) is 11.2 Å². The van der Waals surface area contributed by atoms with Gasteiger partial charge in [-0.1, -0.05) is 37.5 Å². The van der Waals surface area contributed by atoms with Crippen molar-refractivity contribution in [3.63, 3.8) is 0 Å². The number of anilines is 1. The molecule has 1 aliphatic heterocycles. The first kappa shape index (κ1) is 14.9. The van der Waals surface area contributed by atoms with Crippen LogP contribution in [-0.4, -0.2) is 24.0 Å². The fraction of sp³-hybridized carbons (Fsp3) is 0.556. The maximum Gasteiger partial charge on any atom is 0.240 e. The summed E-state index contributed by atoms with van der Waals surface area (Å²) in [5.41, 5.74) is 1.81. The zero-order chi connectivity index (χ0) is 15.6. The van der Waals surface area contributed by atoms with Crippen molar-refractivity contribution in [3.8, 4) is 6.07 Å². The van der Waals surface area contributed by atoms with Crippen molar-refractivity contribution in [2.45, 2.75) is 57.0 Å². The molecule has 1 aromatic carbocycles. The molecule has 0 bridgehead atoms. The Kier molecular flexibility index (Phi) is 4.06. The second kappa shape index (κ2) is 6.00. The maximum absolute atomic E-state index is 12.5. The molecule has 1 amide bonds. The number of rotatable bonds is 3. The molecule has 1 saturated carbocycles. The van der Waals surface area contributed by atoms with Gasteiger partial charge in [0.15, 0.2) is 0 Å². The van der Waals surface area contributed by atoms with Gasteiger partial charge in [0.2, 0.25) is 5.91 Å². The quantitative estimate of drug-likeness (QED) is 0.933. The Morgan fingerprint density at radius 1 is 1.36 bits per heavy atom. The van der Waals surface area contributed by atoms with Crippen LogP contribution >= 0.6 is 0 Å². The lowest BCUT2D eigenvalue weighted by Gasteiger charge is -2.33. The van der Waals surface area contributed by atoms with Crippen LogP contribution in [0, 0.1) is 11.3 Å². The number of para-hydroxylation sites is 1. The molecule has 22 heavy (non-hydrogen) atoms. The fourth-order valence-electron chi connectivity index (χ4n) is 3.75. The van der Waals surface area contributed by atoms with Crippen LogP contribution in [0.1, 0.15) is 44.6 Å². The van der Waals surface area contributed by atoms with E-state index < -0.39 is 5.54 Å². The number of nitriles is 1. The minimum atomic E-state index is -0.641. The van der Waals surface area contributed by atoms with E-state index >= 15 is 0 Å². The molecule has 3 rings (SSSR count). The monoisotopic (exact) mass is 297 g/mol. The molecule has 4 heteroatoms. The van der Waals surface area contributed by atoms with Crippen LogP contribution in [0.5, 0.6) is 0 Å². The summed E-state index contributed by atoms with van der Waals surface area (Å²) in [5, 5.41) is 12.5. The highest BCUT2D eigenvalue weighted by Gasteiger charge is 2.35. The van der Waals surface area contributed by atoms with Crippen LogP contribution in [0.15, 0.2) is 24.3 Å². The van der Waals surface area contributed by atoms with Gasteiger partial charge < -0.3 is 10.2 Å². The Balaban J connectivity index is 1.68. The van der Waals surface area contributed by atoms with Crippen molar-refractivity contribution in [2.24, 2.45) is 0 Å². The molecule has 1 atom stereocenters. The van der Waals surface area contributed by atoms with Crippen LogP contribution in [0.3, 0.4) is 0 Å². The zero-order valence-electron chi connectivity index (χ0n) is 13.1. The molecular formula is C18H23N3O. The molecule has 116 valence electrons. The number of benzene rings is 1. The molecule has 0 unspecified atom stereocenters. The van der Waals surface area contributed by atoms with Gasteiger partial charge in [-0.3, -0.25) is 4.79 Å². The van der Waals surface area contributed by atoms with E-state index in [1.807, 2.05) is 12.1 Å². The van der Waals surface area contributed by atoms with Gasteiger partial charge in [0.25, 0.3) is 0 Å². The Morgan fingerprint density at radius 2 is 2.09 bits per heavy atom. The summed E-state index contributed by atoms with van der Waals surface area (Å²) in [5.74, 6) is -0.0352. The first-order valence-electron chi connectivity index (χ1n) is 8.20. The lowest BCUT2D eigenvalue weighted by atomic mass is 9.83. The van der Waals surface area contributed by atoms with Crippen LogP contribution in [0.4, 0.5) is 5.69 Å². The third-order valence-electron chi connectivity index (χ3n) is 4.96. The number of carbonyl (C=O) groups excluding carboxylic acids is 1. The average Bonchev–Trinajstić information content (AvgIpc) is 2.84. The largest absolute Gasteiger partial charge is 0.359 e. The molecule has 1 fully saturated rings. The lowest BCUT2D eigenvalue weighted by molar-refractivity contribution is -0.121. The summed E-state index contributed by atoms with van der Waals surface area (Å²) < 4.78 is 0. The third kappa shape index (κ3) is 2.81. The van der Waals surface area contributed by atoms with Gasteiger partial charge >= 0.3 is 0 Å². The average molecular weight is 297 g/mol. The third-order valence-corrected chi connectivity index (χ3v) is 4.96. The summed E-state index contributed by atoms with van der Waals surface area (Å²) in [6.07, 6.45) is 5.75. The molecule has 2 aliphatic rings. The van der Waals surface area contributed by atoms with Gasteiger partial charge in [0.1, 0.15) is 5.54 Å². The van der Waals surface area contributed by atoms with Crippen molar-refractivity contribution < 1.29 is 4.79 Å². The second-order valence-corrected chi connectivity index (χ2v) is 6.61. The van der Waals surface area contributed by atoms with Gasteiger partial charge in [0.05, 0.1) is 12.6 Å². The van der Waals surface area contributed by atoms with Crippen LogP contribution < -0.4 is 10.2 Å². The first-order valence-corrected chi connectivity index (χ1v) is 8.20. The van der Waals surface area contributed by atoms with Crippen molar-refractivity contribution >= 4 is 11.6 Å². The van der Waals surface area contributed by atoms with E-state index in [-0.39, 0.29) is 5.91 Å². The number of fused-ring (bicyclic) bond motifs is 1. The van der Waals surface area contributed by atoms with Gasteiger partial charge in [-0.05, 0) is 37.8 Å². The van der Waals surface area contributed by atoms with Gasteiger partial charge in [0, 0.05) is 11.7 Å². The SMILES string of the molecule is C[C@H]1Cc2ccccc2N1CC(=O)NC1(C#N)CCCCC1. The van der Waals surface area contributed by atoms with E-state index in [1.165, 1.54) is 5.56 Å². The molecule has 0 spiro atoms. The second-order valence-electron chi connectivity index (χ2n) is 6.61. The predicted molar refractivity (Wildman–Crippen MR) is 86.5 cm³/mol. The van der Waals surface area contributed by atoms with Crippen molar-refractivity contribution in [3.05, 3.63) is 29.8 Å². The predicted octanol–water partition coefficient (Wildman–Crippen LogP) is 2.78. The van der Waals surface area contributed by atoms with Gasteiger partial charge in [-0.2, -0.15) is 5.26 Å². The van der Waals surface area contributed by atoms with Crippen molar-refractivity contribution in [1.29, 1.82) is 5.26 Å². The summed E-state index contributed by atoms with van der Waals surface area (Å²) in [4.78, 5) is 14.6. The molecular weight excluding hydrogens is 274 g/mol. The number of nitrogens with one attached hydrogen (secondary N) is 1. The first-order chi connectivity index (χ1) is 10.6. The van der Waals surface area contributed by atoms with Crippen LogP contribution in [0.25, 0.3) is 0 Å². The minimum absolute atomic E-state index is 0.0352. The van der Waals surface area contributed by atoms with E-state index in [1.54, 1.807) is 0 Å². The number of carbonyl (C=O) groups is 1. The molecule has 4 nitrogen and oxygen atoms in total. The Labute approximate surface area is 132 Å². The Morgan fingerprint density at radius 3 is 2.82 bits per heavy atom. The van der Waals surface area contributed by atoms with Gasteiger partial charge in [-0.15, -0.1) is 0 Å². The summed E-state index contributed by atoms with van der Waals surface area (Å²) in [7, 11) is 0. The van der Waals surface area contributed by atoms with Gasteiger partial charge in [-0.25, -0.2) is 0 Å². The molecule has 0 aromatic heterocycles. The molecule has 1 aliphatic carbocycles. The number of hydrogen-bond acceptors (Lipinski definition) is 3. The summed E-state index contributed by atoms with van der Waals surface area (Å²) in [6.45, 7) is 2.48. The van der Waals surface area contributed by atoms with E-state index in [0.717, 1.165) is 44.2 Å². The molecule has 0 saturated heterocycles. The van der Waals surface area contributed by atoms with Crippen molar-refractivity contribution in [2.75, 3.05) is 11.4 Å². The highest BCUT2D eigenvalue weighted by Crippen LogP contribution is 2.32. The molecule has 0 radical (unpaired) electrons. The molecule has 1 N–H and O–H groups in total. The van der Waals surface area contributed by atoms with Crippen molar-refractivity contribution in [1.82, 2.24) is 5.32 Å². The maximum atomic E-state index is 12.5. The topological polar surface area (TPSA) is 56.1 Å². The lowest BCUT2D eigenvalue weighted by Crippen LogP contribution is -2.52. The fourth-order valence-corrected chi connectivity index (χ4v) is 3.75. The summed E-state index contributed by atoms with van der Waals surface area (Å²) >= 11 is 0. The highest BCUT2D eigenvalue weighted by molar-refractivity contribution is 5.83. The summed E-state index contributed by atoms with van der Waals surface area (Å²) in [6, 6.07) is 10.9. The normalized spacial score (nSPS) is 22.7. The van der Waals surface area contributed by atoms with E-state index in [4.69, 9.17) is 0 Å².